The zero-order chi connectivity index (χ0) is 10.7. The highest BCUT2D eigenvalue weighted by atomic mass is 32.2. The van der Waals surface area contributed by atoms with Crippen LogP contribution < -0.4 is 5.32 Å². The van der Waals surface area contributed by atoms with Crippen LogP contribution in [0, 0.1) is 12.8 Å². The van der Waals surface area contributed by atoms with Crippen molar-refractivity contribution in [2.45, 2.75) is 37.1 Å². The van der Waals surface area contributed by atoms with Crippen molar-refractivity contribution in [2.24, 2.45) is 5.92 Å². The Morgan fingerprint density at radius 3 is 2.87 bits per heavy atom. The van der Waals surface area contributed by atoms with Gasteiger partial charge in [0.15, 0.2) is 4.34 Å². The molecule has 1 N–H and O–H groups in total. The van der Waals surface area contributed by atoms with E-state index in [4.69, 9.17) is 0 Å². The molecule has 1 fully saturated rings. The molecule has 0 bridgehead atoms. The Morgan fingerprint density at radius 1 is 1.53 bits per heavy atom. The summed E-state index contributed by atoms with van der Waals surface area (Å²) in [4.78, 5) is 0. The smallest absolute Gasteiger partial charge is 0.174 e. The van der Waals surface area contributed by atoms with E-state index in [0.29, 0.717) is 6.04 Å². The zero-order valence-corrected chi connectivity index (χ0v) is 10.8. The Kier molecular flexibility index (Phi) is 3.99. The highest BCUT2D eigenvalue weighted by Crippen LogP contribution is 2.35. The molecule has 1 heterocycles. The van der Waals surface area contributed by atoms with E-state index in [9.17, 15) is 0 Å². The number of aryl methyl sites for hydroxylation is 1. The lowest BCUT2D eigenvalue weighted by molar-refractivity contribution is 0.519. The normalized spacial score (nSPS) is 18.0. The Labute approximate surface area is 99.1 Å². The molecule has 1 aliphatic carbocycles. The second kappa shape index (κ2) is 5.27. The third kappa shape index (κ3) is 3.43. The molecule has 1 aromatic heterocycles. The highest BCUT2D eigenvalue weighted by molar-refractivity contribution is 8.01. The van der Waals surface area contributed by atoms with Crippen LogP contribution in [0.25, 0.3) is 0 Å². The molecule has 1 aliphatic rings. The number of thioether (sulfide) groups is 1. The Hall–Kier alpha value is -0.130. The first-order valence-corrected chi connectivity index (χ1v) is 7.26. The lowest BCUT2D eigenvalue weighted by Crippen LogP contribution is -2.33. The summed E-state index contributed by atoms with van der Waals surface area (Å²) in [5, 5.41) is 12.8. The molecule has 84 valence electrons. The van der Waals surface area contributed by atoms with Crippen molar-refractivity contribution >= 4 is 23.1 Å². The maximum absolute atomic E-state index is 4.13. The number of nitrogens with zero attached hydrogens (tertiary/aromatic N) is 2. The summed E-state index contributed by atoms with van der Waals surface area (Å²) < 4.78 is 1.11. The molecule has 1 aromatic rings. The van der Waals surface area contributed by atoms with E-state index in [1.165, 1.54) is 12.8 Å². The summed E-state index contributed by atoms with van der Waals surface area (Å²) in [5.74, 6) is 2.04. The van der Waals surface area contributed by atoms with E-state index >= 15 is 0 Å². The number of rotatable bonds is 6. The predicted molar refractivity (Wildman–Crippen MR) is 65.6 cm³/mol. The van der Waals surface area contributed by atoms with Gasteiger partial charge in [-0.05, 0) is 32.2 Å². The third-order valence-corrected chi connectivity index (χ3v) is 4.64. The molecular weight excluding hydrogens is 226 g/mol. The van der Waals surface area contributed by atoms with E-state index < -0.39 is 0 Å². The van der Waals surface area contributed by atoms with Crippen LogP contribution in [0.1, 0.15) is 24.8 Å². The average molecular weight is 243 g/mol. The van der Waals surface area contributed by atoms with Gasteiger partial charge in [0.2, 0.25) is 0 Å². The summed E-state index contributed by atoms with van der Waals surface area (Å²) >= 11 is 3.53. The van der Waals surface area contributed by atoms with E-state index in [1.54, 1.807) is 11.3 Å². The van der Waals surface area contributed by atoms with Crippen molar-refractivity contribution in [1.82, 2.24) is 15.5 Å². The van der Waals surface area contributed by atoms with Gasteiger partial charge in [-0.25, -0.2) is 0 Å². The van der Waals surface area contributed by atoms with Crippen LogP contribution in [0.2, 0.25) is 0 Å². The summed E-state index contributed by atoms with van der Waals surface area (Å²) in [6.07, 6.45) is 2.79. The van der Waals surface area contributed by atoms with Gasteiger partial charge < -0.3 is 5.32 Å². The van der Waals surface area contributed by atoms with Crippen molar-refractivity contribution in [3.8, 4) is 0 Å². The zero-order valence-electron chi connectivity index (χ0n) is 9.19. The molecule has 0 saturated heterocycles. The van der Waals surface area contributed by atoms with Gasteiger partial charge in [-0.15, -0.1) is 10.2 Å². The minimum atomic E-state index is 0.671. The fourth-order valence-electron chi connectivity index (χ4n) is 1.62. The monoisotopic (exact) mass is 243 g/mol. The maximum atomic E-state index is 4.13. The predicted octanol–water partition coefficient (Wildman–Crippen LogP) is 2.33. The Bertz CT molecular complexity index is 309. The van der Waals surface area contributed by atoms with Crippen LogP contribution in [0.4, 0.5) is 0 Å². The van der Waals surface area contributed by atoms with Crippen LogP contribution in [0.5, 0.6) is 0 Å². The Morgan fingerprint density at radius 2 is 2.33 bits per heavy atom. The minimum absolute atomic E-state index is 0.671. The molecule has 0 radical (unpaired) electrons. The highest BCUT2D eigenvalue weighted by Gasteiger charge is 2.30. The summed E-state index contributed by atoms with van der Waals surface area (Å²) in [5.41, 5.74) is 0. The van der Waals surface area contributed by atoms with Gasteiger partial charge in [-0.3, -0.25) is 0 Å². The van der Waals surface area contributed by atoms with Crippen LogP contribution in [-0.4, -0.2) is 28.5 Å². The number of nitrogens with one attached hydrogen (secondary N) is 1. The van der Waals surface area contributed by atoms with Crippen molar-refractivity contribution in [2.75, 3.05) is 12.3 Å². The van der Waals surface area contributed by atoms with Gasteiger partial charge in [0, 0.05) is 11.8 Å². The minimum Gasteiger partial charge on any atom is -0.313 e. The first-order chi connectivity index (χ1) is 7.29. The largest absolute Gasteiger partial charge is 0.313 e. The van der Waals surface area contributed by atoms with Gasteiger partial charge in [0.05, 0.1) is 0 Å². The molecule has 0 aliphatic heterocycles. The van der Waals surface area contributed by atoms with Gasteiger partial charge in [-0.1, -0.05) is 30.0 Å². The second-order valence-corrected chi connectivity index (χ2v) is 6.35. The van der Waals surface area contributed by atoms with Gasteiger partial charge in [0.25, 0.3) is 0 Å². The van der Waals surface area contributed by atoms with Crippen molar-refractivity contribution in [3.05, 3.63) is 5.01 Å². The number of aromatic nitrogens is 2. The molecular formula is C10H17N3S2. The molecule has 5 heteroatoms. The third-order valence-electron chi connectivity index (χ3n) is 2.55. The molecule has 0 aromatic carbocycles. The van der Waals surface area contributed by atoms with Gasteiger partial charge >= 0.3 is 0 Å². The summed E-state index contributed by atoms with van der Waals surface area (Å²) in [6.45, 7) is 5.25. The molecule has 0 amide bonds. The average Bonchev–Trinajstić information content (AvgIpc) is 2.97. The SMILES string of the molecule is CCNC(CSc1nnc(C)s1)C1CC1. The van der Waals surface area contributed by atoms with Crippen LogP contribution >= 0.6 is 23.1 Å². The topological polar surface area (TPSA) is 37.8 Å². The van der Waals surface area contributed by atoms with Gasteiger partial charge in [0.1, 0.15) is 5.01 Å². The molecule has 15 heavy (non-hydrogen) atoms. The van der Waals surface area contributed by atoms with E-state index in [-0.39, 0.29) is 0 Å². The fourth-order valence-corrected chi connectivity index (χ4v) is 3.65. The van der Waals surface area contributed by atoms with Crippen molar-refractivity contribution < 1.29 is 0 Å². The molecule has 0 spiro atoms. The molecule has 3 nitrogen and oxygen atoms in total. The summed E-state index contributed by atoms with van der Waals surface area (Å²) in [6, 6.07) is 0.671. The quantitative estimate of drug-likeness (QED) is 0.778. The van der Waals surface area contributed by atoms with Crippen molar-refractivity contribution in [1.29, 1.82) is 0 Å². The van der Waals surface area contributed by atoms with Crippen LogP contribution in [0.3, 0.4) is 0 Å². The molecule has 1 saturated carbocycles. The standard InChI is InChI=1S/C10H17N3S2/c1-3-11-9(8-4-5-8)6-14-10-13-12-7(2)15-10/h8-9,11H,3-6H2,1-2H3. The molecule has 1 atom stereocenters. The first kappa shape index (κ1) is 11.4. The number of hydrogen-bond acceptors (Lipinski definition) is 5. The van der Waals surface area contributed by atoms with E-state index in [0.717, 1.165) is 27.6 Å². The summed E-state index contributed by atoms with van der Waals surface area (Å²) in [7, 11) is 0. The van der Waals surface area contributed by atoms with E-state index in [1.807, 2.05) is 18.7 Å². The lowest BCUT2D eigenvalue weighted by Gasteiger charge is -2.15. The lowest BCUT2D eigenvalue weighted by atomic mass is 10.2. The van der Waals surface area contributed by atoms with Crippen LogP contribution in [0.15, 0.2) is 4.34 Å². The first-order valence-electron chi connectivity index (χ1n) is 5.46. The fraction of sp³-hybridized carbons (Fsp3) is 0.800. The van der Waals surface area contributed by atoms with Crippen molar-refractivity contribution in [3.63, 3.8) is 0 Å². The van der Waals surface area contributed by atoms with E-state index in [2.05, 4.69) is 22.4 Å². The van der Waals surface area contributed by atoms with Gasteiger partial charge in [-0.2, -0.15) is 0 Å². The van der Waals surface area contributed by atoms with Crippen LogP contribution in [-0.2, 0) is 0 Å². The molecule has 1 unspecified atom stereocenters. The maximum Gasteiger partial charge on any atom is 0.174 e. The Balaban J connectivity index is 1.79. The number of hydrogen-bond donors (Lipinski definition) is 1. The second-order valence-electron chi connectivity index (χ2n) is 3.90. The molecule has 2 rings (SSSR count).